The Morgan fingerprint density at radius 2 is 1.73 bits per heavy atom. The Hall–Kier alpha value is -4.91. The molecular formula is C30H25N6O+. The van der Waals surface area contributed by atoms with Gasteiger partial charge in [-0.25, -0.2) is 4.40 Å². The molecule has 7 nitrogen and oxygen atoms in total. The largest absolute Gasteiger partial charge is 0.352 e. The molecule has 4 heterocycles. The van der Waals surface area contributed by atoms with Gasteiger partial charge < -0.3 is 5.32 Å². The molecule has 0 aliphatic carbocycles. The second-order valence-electron chi connectivity index (χ2n) is 8.93. The van der Waals surface area contributed by atoms with Crippen LogP contribution in [0.2, 0.25) is 0 Å². The van der Waals surface area contributed by atoms with Crippen LogP contribution in [0.1, 0.15) is 17.1 Å². The summed E-state index contributed by atoms with van der Waals surface area (Å²) in [5, 5.41) is 8.83. The van der Waals surface area contributed by atoms with E-state index in [9.17, 15) is 4.79 Å². The van der Waals surface area contributed by atoms with Gasteiger partial charge in [-0.2, -0.15) is 0 Å². The van der Waals surface area contributed by atoms with Gasteiger partial charge in [-0.05, 0) is 47.5 Å². The minimum absolute atomic E-state index is 0.0546. The highest BCUT2D eigenvalue weighted by atomic mass is 16.1. The summed E-state index contributed by atoms with van der Waals surface area (Å²) >= 11 is 0. The van der Waals surface area contributed by atoms with Crippen LogP contribution >= 0.6 is 0 Å². The van der Waals surface area contributed by atoms with Crippen LogP contribution in [-0.4, -0.2) is 25.7 Å². The van der Waals surface area contributed by atoms with Gasteiger partial charge in [-0.1, -0.05) is 53.2 Å². The lowest BCUT2D eigenvalue weighted by molar-refractivity contribution is -0.519. The van der Waals surface area contributed by atoms with Crippen LogP contribution in [0, 0.1) is 6.92 Å². The first-order chi connectivity index (χ1) is 18.2. The summed E-state index contributed by atoms with van der Waals surface area (Å²) in [4.78, 5) is 21.3. The number of hydrogen-bond donors (Lipinski definition) is 1. The van der Waals surface area contributed by atoms with Crippen molar-refractivity contribution >= 4 is 22.5 Å². The summed E-state index contributed by atoms with van der Waals surface area (Å²) in [7, 11) is 0. The molecule has 0 bridgehead atoms. The number of aromatic nitrogens is 5. The second-order valence-corrected chi connectivity index (χ2v) is 8.93. The molecule has 0 fully saturated rings. The summed E-state index contributed by atoms with van der Waals surface area (Å²) in [5.74, 6) is 0.828. The van der Waals surface area contributed by atoms with Crippen molar-refractivity contribution in [1.82, 2.24) is 25.1 Å². The van der Waals surface area contributed by atoms with E-state index in [1.807, 2.05) is 90.7 Å². The highest BCUT2D eigenvalue weighted by Crippen LogP contribution is 2.25. The van der Waals surface area contributed by atoms with E-state index in [0.29, 0.717) is 6.54 Å². The third-order valence-corrected chi connectivity index (χ3v) is 6.41. The minimum Gasteiger partial charge on any atom is -0.352 e. The predicted octanol–water partition coefficient (Wildman–Crippen LogP) is 4.39. The maximum absolute atomic E-state index is 12.3. The zero-order chi connectivity index (χ0) is 25.2. The SMILES string of the molecule is Cc1nn(-c2ccc(CNC(=O)Cc3ccccn3)cc2)c2c3cc(-c4ccccc4)cnc3cc[n+]12. The normalized spacial score (nSPS) is 11.2. The summed E-state index contributed by atoms with van der Waals surface area (Å²) in [5.41, 5.74) is 6.75. The molecular weight excluding hydrogens is 460 g/mol. The van der Waals surface area contributed by atoms with Gasteiger partial charge in [-0.3, -0.25) is 14.8 Å². The number of pyridine rings is 3. The van der Waals surface area contributed by atoms with Crippen molar-refractivity contribution in [3.05, 3.63) is 121 Å². The van der Waals surface area contributed by atoms with Crippen LogP contribution in [0.5, 0.6) is 0 Å². The van der Waals surface area contributed by atoms with E-state index >= 15 is 0 Å². The number of fused-ring (bicyclic) bond motifs is 3. The topological polar surface area (TPSA) is 76.8 Å². The second kappa shape index (κ2) is 9.62. The molecule has 0 saturated carbocycles. The van der Waals surface area contributed by atoms with Crippen molar-refractivity contribution in [2.75, 3.05) is 0 Å². The lowest BCUT2D eigenvalue weighted by atomic mass is 10.1. The number of amides is 1. The smallest absolute Gasteiger partial charge is 0.280 e. The standard InChI is InChI=1S/C30H24N6O/c1-21-34-36(26-12-10-22(11-13-26)19-33-29(37)18-25-9-5-6-15-31-25)30-27-17-24(23-7-3-2-4-8-23)20-32-28(27)14-16-35(21)30/h2-17,20H,18-19H2,1H3/p+1. The number of nitrogens with zero attached hydrogens (tertiary/aromatic N) is 5. The fourth-order valence-corrected chi connectivity index (χ4v) is 4.50. The lowest BCUT2D eigenvalue weighted by Crippen LogP contribution is -2.24. The van der Waals surface area contributed by atoms with E-state index in [1.54, 1.807) is 6.20 Å². The summed E-state index contributed by atoms with van der Waals surface area (Å²) in [6, 6.07) is 28.1. The van der Waals surface area contributed by atoms with Crippen molar-refractivity contribution in [3.63, 3.8) is 0 Å². The molecule has 180 valence electrons. The van der Waals surface area contributed by atoms with E-state index < -0.39 is 0 Å². The van der Waals surface area contributed by atoms with Crippen LogP contribution in [-0.2, 0) is 17.8 Å². The molecule has 0 aliphatic rings. The molecule has 6 rings (SSSR count). The minimum atomic E-state index is -0.0546. The molecule has 2 aromatic carbocycles. The van der Waals surface area contributed by atoms with Gasteiger partial charge in [0, 0.05) is 42.2 Å². The Balaban J connectivity index is 1.30. The zero-order valence-corrected chi connectivity index (χ0v) is 20.4. The molecule has 4 aromatic heterocycles. The molecule has 0 atom stereocenters. The highest BCUT2D eigenvalue weighted by molar-refractivity contribution is 5.92. The molecule has 1 N–H and O–H groups in total. The van der Waals surface area contributed by atoms with E-state index in [2.05, 4.69) is 32.9 Å². The number of nitrogens with one attached hydrogen (secondary N) is 1. The number of aryl methyl sites for hydroxylation is 1. The van der Waals surface area contributed by atoms with Crippen LogP contribution in [0.3, 0.4) is 0 Å². The van der Waals surface area contributed by atoms with E-state index in [-0.39, 0.29) is 12.3 Å². The summed E-state index contributed by atoms with van der Waals surface area (Å²) in [6.07, 6.45) is 5.89. The number of carbonyl (C=O) groups is 1. The van der Waals surface area contributed by atoms with Crippen LogP contribution < -0.4 is 9.72 Å². The zero-order valence-electron chi connectivity index (χ0n) is 20.4. The molecule has 6 aromatic rings. The molecule has 0 saturated heterocycles. The van der Waals surface area contributed by atoms with Crippen molar-refractivity contribution in [2.45, 2.75) is 19.9 Å². The number of carbonyl (C=O) groups excluding carboxylic acids is 1. The van der Waals surface area contributed by atoms with Crippen molar-refractivity contribution < 1.29 is 9.20 Å². The van der Waals surface area contributed by atoms with Gasteiger partial charge in [0.05, 0.1) is 23.5 Å². The highest BCUT2D eigenvalue weighted by Gasteiger charge is 2.22. The summed E-state index contributed by atoms with van der Waals surface area (Å²) in [6.45, 7) is 2.45. The van der Waals surface area contributed by atoms with Crippen LogP contribution in [0.25, 0.3) is 33.4 Å². The van der Waals surface area contributed by atoms with Gasteiger partial charge in [0.15, 0.2) is 0 Å². The fraction of sp³-hybridized carbons (Fsp3) is 0.100. The lowest BCUT2D eigenvalue weighted by Gasteiger charge is -2.06. The van der Waals surface area contributed by atoms with Gasteiger partial charge in [-0.15, -0.1) is 0 Å². The molecule has 1 amide bonds. The number of rotatable bonds is 6. The Bertz CT molecular complexity index is 1710. The van der Waals surface area contributed by atoms with Gasteiger partial charge in [0.2, 0.25) is 5.91 Å². The van der Waals surface area contributed by atoms with Crippen molar-refractivity contribution in [2.24, 2.45) is 0 Å². The molecule has 0 radical (unpaired) electrons. The fourth-order valence-electron chi connectivity index (χ4n) is 4.50. The van der Waals surface area contributed by atoms with Crippen LogP contribution in [0.4, 0.5) is 0 Å². The molecule has 7 heteroatoms. The van der Waals surface area contributed by atoms with Crippen LogP contribution in [0.15, 0.2) is 104 Å². The quantitative estimate of drug-likeness (QED) is 0.355. The number of benzene rings is 2. The Kier molecular flexibility index (Phi) is 5.86. The number of hydrogen-bond acceptors (Lipinski definition) is 4. The monoisotopic (exact) mass is 485 g/mol. The third-order valence-electron chi connectivity index (χ3n) is 6.41. The summed E-state index contributed by atoms with van der Waals surface area (Å²) < 4.78 is 4.04. The van der Waals surface area contributed by atoms with Crippen molar-refractivity contribution in [1.29, 1.82) is 0 Å². The van der Waals surface area contributed by atoms with Gasteiger partial charge in [0.25, 0.3) is 11.5 Å². The van der Waals surface area contributed by atoms with E-state index in [4.69, 9.17) is 10.1 Å². The third kappa shape index (κ3) is 4.54. The van der Waals surface area contributed by atoms with E-state index in [0.717, 1.165) is 50.4 Å². The molecule has 37 heavy (non-hydrogen) atoms. The molecule has 0 unspecified atom stereocenters. The van der Waals surface area contributed by atoms with Gasteiger partial charge in [0.1, 0.15) is 5.69 Å². The van der Waals surface area contributed by atoms with E-state index in [1.165, 1.54) is 0 Å². The molecule has 0 aliphatic heterocycles. The average molecular weight is 486 g/mol. The van der Waals surface area contributed by atoms with Crippen molar-refractivity contribution in [3.8, 4) is 16.8 Å². The first-order valence-electron chi connectivity index (χ1n) is 12.2. The average Bonchev–Trinajstić information content (AvgIpc) is 3.29. The maximum Gasteiger partial charge on any atom is 0.280 e. The first-order valence-corrected chi connectivity index (χ1v) is 12.2. The molecule has 0 spiro atoms. The Morgan fingerprint density at radius 3 is 2.51 bits per heavy atom. The first kappa shape index (κ1) is 22.5. The Labute approximate surface area is 214 Å². The Morgan fingerprint density at radius 1 is 0.919 bits per heavy atom. The van der Waals surface area contributed by atoms with Gasteiger partial charge >= 0.3 is 0 Å². The maximum atomic E-state index is 12.3. The predicted molar refractivity (Wildman–Crippen MR) is 142 cm³/mol.